The van der Waals surface area contributed by atoms with Crippen LogP contribution in [0.3, 0.4) is 0 Å². The zero-order valence-electron chi connectivity index (χ0n) is 14.9. The molecule has 2 heterocycles. The molecule has 0 saturated heterocycles. The minimum atomic E-state index is -4.43. The maximum atomic E-state index is 12.9. The molecule has 11 heteroatoms. The normalized spacial score (nSPS) is 11.7. The molecule has 0 aliphatic carbocycles. The van der Waals surface area contributed by atoms with E-state index in [-0.39, 0.29) is 36.3 Å². The van der Waals surface area contributed by atoms with Crippen LogP contribution in [0, 0.1) is 6.92 Å². The first-order chi connectivity index (χ1) is 12.4. The van der Waals surface area contributed by atoms with Gasteiger partial charge < -0.3 is 16.0 Å². The molecule has 0 bridgehead atoms. The summed E-state index contributed by atoms with van der Waals surface area (Å²) in [6.45, 7) is 3.28. The molecule has 0 fully saturated rings. The first kappa shape index (κ1) is 23.4. The number of anilines is 1. The summed E-state index contributed by atoms with van der Waals surface area (Å²) in [5.41, 5.74) is 0.244. The number of hydrogen-bond acceptors (Lipinski definition) is 5. The summed E-state index contributed by atoms with van der Waals surface area (Å²) in [5, 5.41) is 11.9. The van der Waals surface area contributed by atoms with Crippen LogP contribution in [0.15, 0.2) is 28.7 Å². The van der Waals surface area contributed by atoms with Gasteiger partial charge in [0, 0.05) is 44.7 Å². The molecule has 0 amide bonds. The molecular formula is C16H22F3IN6S. The van der Waals surface area contributed by atoms with Crippen LogP contribution in [0.1, 0.15) is 16.3 Å². The zero-order chi connectivity index (χ0) is 19.0. The Morgan fingerprint density at radius 3 is 2.59 bits per heavy atom. The van der Waals surface area contributed by atoms with Gasteiger partial charge in [0.25, 0.3) is 0 Å². The SMILES string of the molecule is CN=C(NCCNc1ncccc1C(F)(F)F)NCCc1csc(C)n1.I. The predicted octanol–water partition coefficient (Wildman–Crippen LogP) is 3.30. The quantitative estimate of drug-likeness (QED) is 0.229. The maximum Gasteiger partial charge on any atom is 0.419 e. The van der Waals surface area contributed by atoms with Crippen LogP contribution in [0.4, 0.5) is 19.0 Å². The fraction of sp³-hybridized carbons (Fsp3) is 0.438. The van der Waals surface area contributed by atoms with Gasteiger partial charge in [-0.15, -0.1) is 35.3 Å². The lowest BCUT2D eigenvalue weighted by atomic mass is 10.2. The lowest BCUT2D eigenvalue weighted by Crippen LogP contribution is -2.40. The van der Waals surface area contributed by atoms with E-state index >= 15 is 0 Å². The first-order valence-electron chi connectivity index (χ1n) is 8.01. The van der Waals surface area contributed by atoms with Crippen LogP contribution in [-0.2, 0) is 12.6 Å². The van der Waals surface area contributed by atoms with Gasteiger partial charge in [-0.1, -0.05) is 0 Å². The molecular weight excluding hydrogens is 492 g/mol. The van der Waals surface area contributed by atoms with E-state index < -0.39 is 11.7 Å². The van der Waals surface area contributed by atoms with Crippen molar-refractivity contribution >= 4 is 47.1 Å². The Morgan fingerprint density at radius 2 is 1.96 bits per heavy atom. The molecule has 0 atom stereocenters. The minimum absolute atomic E-state index is 0. The Hall–Kier alpha value is -1.63. The van der Waals surface area contributed by atoms with Gasteiger partial charge in [-0.2, -0.15) is 13.2 Å². The highest BCUT2D eigenvalue weighted by molar-refractivity contribution is 14.0. The highest BCUT2D eigenvalue weighted by atomic mass is 127. The fourth-order valence-electron chi connectivity index (χ4n) is 2.19. The van der Waals surface area contributed by atoms with Gasteiger partial charge in [-0.3, -0.25) is 4.99 Å². The van der Waals surface area contributed by atoms with Crippen LogP contribution in [0.25, 0.3) is 0 Å². The number of aromatic nitrogens is 2. The summed E-state index contributed by atoms with van der Waals surface area (Å²) in [4.78, 5) is 12.2. The molecule has 0 saturated carbocycles. The fourth-order valence-corrected chi connectivity index (χ4v) is 2.84. The molecule has 6 nitrogen and oxygen atoms in total. The first-order valence-corrected chi connectivity index (χ1v) is 8.89. The second-order valence-corrected chi connectivity index (χ2v) is 6.42. The Labute approximate surface area is 177 Å². The van der Waals surface area contributed by atoms with Crippen molar-refractivity contribution in [1.82, 2.24) is 20.6 Å². The third-order valence-electron chi connectivity index (χ3n) is 3.39. The van der Waals surface area contributed by atoms with Crippen molar-refractivity contribution in [2.75, 3.05) is 32.0 Å². The number of rotatable bonds is 7. The summed E-state index contributed by atoms with van der Waals surface area (Å²) < 4.78 is 38.7. The third kappa shape index (κ3) is 7.87. The van der Waals surface area contributed by atoms with E-state index in [1.165, 1.54) is 12.3 Å². The number of guanidine groups is 1. The minimum Gasteiger partial charge on any atom is -0.368 e. The maximum absolute atomic E-state index is 12.9. The Morgan fingerprint density at radius 1 is 1.22 bits per heavy atom. The molecule has 2 rings (SSSR count). The smallest absolute Gasteiger partial charge is 0.368 e. The van der Waals surface area contributed by atoms with E-state index in [1.807, 2.05) is 12.3 Å². The molecule has 0 aliphatic heterocycles. The second kappa shape index (κ2) is 11.3. The highest BCUT2D eigenvalue weighted by Gasteiger charge is 2.33. The number of halogens is 4. The van der Waals surface area contributed by atoms with Gasteiger partial charge in [0.15, 0.2) is 5.96 Å². The van der Waals surface area contributed by atoms with Gasteiger partial charge in [-0.25, -0.2) is 9.97 Å². The predicted molar refractivity (Wildman–Crippen MR) is 113 cm³/mol. The van der Waals surface area contributed by atoms with Crippen molar-refractivity contribution in [1.29, 1.82) is 0 Å². The molecule has 150 valence electrons. The molecule has 2 aromatic rings. The second-order valence-electron chi connectivity index (χ2n) is 5.36. The van der Waals surface area contributed by atoms with Crippen LogP contribution >= 0.6 is 35.3 Å². The number of nitrogens with one attached hydrogen (secondary N) is 3. The van der Waals surface area contributed by atoms with Crippen LogP contribution in [0.2, 0.25) is 0 Å². The summed E-state index contributed by atoms with van der Waals surface area (Å²) >= 11 is 1.61. The van der Waals surface area contributed by atoms with Crippen LogP contribution < -0.4 is 16.0 Å². The summed E-state index contributed by atoms with van der Waals surface area (Å²) in [6, 6.07) is 2.27. The third-order valence-corrected chi connectivity index (χ3v) is 4.21. The topological polar surface area (TPSA) is 74.2 Å². The lowest BCUT2D eigenvalue weighted by Gasteiger charge is -2.14. The summed E-state index contributed by atoms with van der Waals surface area (Å²) in [7, 11) is 1.64. The van der Waals surface area contributed by atoms with Crippen molar-refractivity contribution < 1.29 is 13.2 Å². The van der Waals surface area contributed by atoms with Crippen molar-refractivity contribution in [3.63, 3.8) is 0 Å². The van der Waals surface area contributed by atoms with Crippen molar-refractivity contribution in [3.05, 3.63) is 40.0 Å². The summed E-state index contributed by atoms with van der Waals surface area (Å²) in [6.07, 6.45) is -2.34. The number of pyridine rings is 1. The number of alkyl halides is 3. The van der Waals surface area contributed by atoms with E-state index in [4.69, 9.17) is 0 Å². The summed E-state index contributed by atoms with van der Waals surface area (Å²) in [5.74, 6) is 0.402. The average molecular weight is 514 g/mol. The average Bonchev–Trinajstić information content (AvgIpc) is 3.01. The molecule has 0 unspecified atom stereocenters. The van der Waals surface area contributed by atoms with E-state index in [9.17, 15) is 13.2 Å². The van der Waals surface area contributed by atoms with E-state index in [2.05, 4.69) is 30.9 Å². The number of nitrogens with zero attached hydrogens (tertiary/aromatic N) is 3. The van der Waals surface area contributed by atoms with Crippen molar-refractivity contribution in [2.24, 2.45) is 4.99 Å². The standard InChI is InChI=1S/C16H21F3N6S.HI/c1-11-25-12(10-26-11)5-7-23-15(20-2)24-9-8-22-14-13(16(17,18)19)4-3-6-21-14;/h3-4,6,10H,5,7-9H2,1-2H3,(H,21,22)(H2,20,23,24);1H. The van der Waals surface area contributed by atoms with Crippen LogP contribution in [0.5, 0.6) is 0 Å². The number of aryl methyl sites for hydroxylation is 1. The zero-order valence-corrected chi connectivity index (χ0v) is 18.1. The van der Waals surface area contributed by atoms with E-state index in [0.29, 0.717) is 19.0 Å². The molecule has 0 aliphatic rings. The molecule has 0 radical (unpaired) electrons. The van der Waals surface area contributed by atoms with Gasteiger partial charge in [0.05, 0.1) is 16.3 Å². The molecule has 27 heavy (non-hydrogen) atoms. The Balaban J connectivity index is 0.00000364. The van der Waals surface area contributed by atoms with Gasteiger partial charge >= 0.3 is 6.18 Å². The van der Waals surface area contributed by atoms with Crippen molar-refractivity contribution in [2.45, 2.75) is 19.5 Å². The molecule has 2 aromatic heterocycles. The van der Waals surface area contributed by atoms with Crippen molar-refractivity contribution in [3.8, 4) is 0 Å². The van der Waals surface area contributed by atoms with Crippen LogP contribution in [-0.4, -0.2) is 42.6 Å². The number of thiazole rings is 1. The monoisotopic (exact) mass is 514 g/mol. The van der Waals surface area contributed by atoms with Gasteiger partial charge in [-0.05, 0) is 19.1 Å². The van der Waals surface area contributed by atoms with Gasteiger partial charge in [0.2, 0.25) is 0 Å². The molecule has 0 spiro atoms. The number of hydrogen-bond donors (Lipinski definition) is 3. The lowest BCUT2D eigenvalue weighted by molar-refractivity contribution is -0.137. The Kier molecular flexibility index (Phi) is 9.77. The van der Waals surface area contributed by atoms with E-state index in [0.717, 1.165) is 23.2 Å². The molecule has 0 aromatic carbocycles. The largest absolute Gasteiger partial charge is 0.419 e. The highest BCUT2D eigenvalue weighted by Crippen LogP contribution is 2.33. The van der Waals surface area contributed by atoms with E-state index in [1.54, 1.807) is 18.4 Å². The number of aliphatic imine (C=N–C) groups is 1. The Bertz CT molecular complexity index is 735. The van der Waals surface area contributed by atoms with Gasteiger partial charge in [0.1, 0.15) is 5.82 Å². The molecule has 3 N–H and O–H groups in total.